The van der Waals surface area contributed by atoms with Crippen LogP contribution in [0.25, 0.3) is 10.8 Å². The topological polar surface area (TPSA) is 26.0 Å². The SMILES string of the molecule is NC1(c2cccc3ccccc23)CC(F)(F)C1. The summed E-state index contributed by atoms with van der Waals surface area (Å²) < 4.78 is 26.1. The molecule has 1 aliphatic carbocycles. The van der Waals surface area contributed by atoms with E-state index in [-0.39, 0.29) is 12.8 Å². The zero-order valence-corrected chi connectivity index (χ0v) is 9.29. The molecule has 1 nitrogen and oxygen atoms in total. The molecule has 88 valence electrons. The lowest BCUT2D eigenvalue weighted by Crippen LogP contribution is -2.55. The van der Waals surface area contributed by atoms with Crippen LogP contribution >= 0.6 is 0 Å². The number of hydrogen-bond donors (Lipinski definition) is 1. The predicted octanol–water partition coefficient (Wildman–Crippen LogP) is 3.42. The summed E-state index contributed by atoms with van der Waals surface area (Å²) in [5.74, 6) is -2.61. The van der Waals surface area contributed by atoms with Gasteiger partial charge in [-0.2, -0.15) is 0 Å². The summed E-state index contributed by atoms with van der Waals surface area (Å²) in [4.78, 5) is 0. The van der Waals surface area contributed by atoms with E-state index >= 15 is 0 Å². The van der Waals surface area contributed by atoms with Crippen LogP contribution in [0, 0.1) is 0 Å². The molecule has 0 aromatic heterocycles. The van der Waals surface area contributed by atoms with E-state index in [0.29, 0.717) is 0 Å². The first kappa shape index (κ1) is 10.7. The summed E-state index contributed by atoms with van der Waals surface area (Å²) in [6.07, 6.45) is -0.512. The molecule has 17 heavy (non-hydrogen) atoms. The molecule has 0 saturated heterocycles. The van der Waals surface area contributed by atoms with Gasteiger partial charge in [-0.1, -0.05) is 42.5 Å². The maximum absolute atomic E-state index is 13.0. The van der Waals surface area contributed by atoms with Crippen LogP contribution in [0.2, 0.25) is 0 Å². The van der Waals surface area contributed by atoms with E-state index in [0.717, 1.165) is 16.3 Å². The normalized spacial score (nSPS) is 21.1. The molecule has 3 heteroatoms. The first-order valence-electron chi connectivity index (χ1n) is 5.65. The second-order valence-electron chi connectivity index (χ2n) is 4.89. The molecule has 2 N–H and O–H groups in total. The van der Waals surface area contributed by atoms with Gasteiger partial charge in [0, 0.05) is 12.8 Å². The summed E-state index contributed by atoms with van der Waals surface area (Å²) in [7, 11) is 0. The van der Waals surface area contributed by atoms with Crippen LogP contribution in [0.1, 0.15) is 18.4 Å². The smallest absolute Gasteiger partial charge is 0.252 e. The van der Waals surface area contributed by atoms with Crippen molar-refractivity contribution in [3.63, 3.8) is 0 Å². The molecule has 0 bridgehead atoms. The molecule has 0 radical (unpaired) electrons. The molecule has 2 aromatic carbocycles. The number of benzene rings is 2. The molecule has 0 atom stereocenters. The molecule has 3 rings (SSSR count). The summed E-state index contributed by atoms with van der Waals surface area (Å²) in [6.45, 7) is 0. The standard InChI is InChI=1S/C14H13F2N/c15-14(16)8-13(17,9-14)12-7-3-5-10-4-1-2-6-11(10)12/h1-7H,8-9,17H2. The largest absolute Gasteiger partial charge is 0.321 e. The van der Waals surface area contributed by atoms with Crippen LogP contribution in [-0.2, 0) is 5.54 Å². The highest BCUT2D eigenvalue weighted by atomic mass is 19.3. The fourth-order valence-electron chi connectivity index (χ4n) is 2.72. The van der Waals surface area contributed by atoms with Crippen molar-refractivity contribution in [3.8, 4) is 0 Å². The summed E-state index contributed by atoms with van der Waals surface area (Å²) in [5.41, 5.74) is 6.05. The Labute approximate surface area is 98.2 Å². The fraction of sp³-hybridized carbons (Fsp3) is 0.286. The molecular weight excluding hydrogens is 220 g/mol. The van der Waals surface area contributed by atoms with Crippen molar-refractivity contribution in [1.29, 1.82) is 0 Å². The van der Waals surface area contributed by atoms with E-state index in [2.05, 4.69) is 0 Å². The van der Waals surface area contributed by atoms with E-state index in [1.807, 2.05) is 42.5 Å². The van der Waals surface area contributed by atoms with Crippen molar-refractivity contribution in [2.45, 2.75) is 24.3 Å². The van der Waals surface area contributed by atoms with Gasteiger partial charge in [0.25, 0.3) is 5.92 Å². The van der Waals surface area contributed by atoms with Crippen LogP contribution < -0.4 is 5.73 Å². The van der Waals surface area contributed by atoms with Crippen LogP contribution in [-0.4, -0.2) is 5.92 Å². The Hall–Kier alpha value is -1.48. The molecule has 0 unspecified atom stereocenters. The molecule has 0 heterocycles. The minimum Gasteiger partial charge on any atom is -0.321 e. The first-order chi connectivity index (χ1) is 8.00. The minimum absolute atomic E-state index is 0.256. The lowest BCUT2D eigenvalue weighted by Gasteiger charge is -2.45. The van der Waals surface area contributed by atoms with Crippen molar-refractivity contribution < 1.29 is 8.78 Å². The zero-order chi connectivity index (χ0) is 12.1. The first-order valence-corrected chi connectivity index (χ1v) is 5.65. The number of alkyl halides is 2. The van der Waals surface area contributed by atoms with Gasteiger partial charge in [-0.15, -0.1) is 0 Å². The van der Waals surface area contributed by atoms with Crippen molar-refractivity contribution in [2.75, 3.05) is 0 Å². The van der Waals surface area contributed by atoms with Gasteiger partial charge in [0.1, 0.15) is 0 Å². The molecule has 2 aromatic rings. The highest BCUT2D eigenvalue weighted by molar-refractivity contribution is 5.86. The number of halogens is 2. The third kappa shape index (κ3) is 1.62. The monoisotopic (exact) mass is 233 g/mol. The van der Waals surface area contributed by atoms with Gasteiger partial charge >= 0.3 is 0 Å². The van der Waals surface area contributed by atoms with E-state index in [4.69, 9.17) is 5.73 Å². The maximum atomic E-state index is 13.0. The van der Waals surface area contributed by atoms with Gasteiger partial charge in [0.15, 0.2) is 0 Å². The Morgan fingerprint density at radius 1 is 0.941 bits per heavy atom. The Morgan fingerprint density at radius 3 is 2.29 bits per heavy atom. The Bertz CT molecular complexity index is 564. The number of hydrogen-bond acceptors (Lipinski definition) is 1. The van der Waals surface area contributed by atoms with Crippen molar-refractivity contribution >= 4 is 10.8 Å². The van der Waals surface area contributed by atoms with Crippen LogP contribution in [0.4, 0.5) is 8.78 Å². The van der Waals surface area contributed by atoms with E-state index in [1.54, 1.807) is 0 Å². The van der Waals surface area contributed by atoms with Gasteiger partial charge in [-0.3, -0.25) is 0 Å². The van der Waals surface area contributed by atoms with Gasteiger partial charge in [0.2, 0.25) is 0 Å². The average molecular weight is 233 g/mol. The Morgan fingerprint density at radius 2 is 1.59 bits per heavy atom. The Balaban J connectivity index is 2.13. The van der Waals surface area contributed by atoms with Crippen molar-refractivity contribution in [1.82, 2.24) is 0 Å². The predicted molar refractivity (Wildman–Crippen MR) is 64.0 cm³/mol. The lowest BCUT2D eigenvalue weighted by atomic mass is 9.69. The summed E-state index contributed by atoms with van der Waals surface area (Å²) >= 11 is 0. The van der Waals surface area contributed by atoms with Crippen molar-refractivity contribution in [2.24, 2.45) is 5.73 Å². The Kier molecular flexibility index (Phi) is 2.05. The lowest BCUT2D eigenvalue weighted by molar-refractivity contribution is -0.124. The van der Waals surface area contributed by atoms with E-state index in [1.165, 1.54) is 0 Å². The highest BCUT2D eigenvalue weighted by Gasteiger charge is 2.55. The number of nitrogens with two attached hydrogens (primary N) is 1. The third-order valence-corrected chi connectivity index (χ3v) is 3.47. The minimum atomic E-state index is -2.61. The van der Waals surface area contributed by atoms with Crippen LogP contribution in [0.3, 0.4) is 0 Å². The van der Waals surface area contributed by atoms with Crippen LogP contribution in [0.15, 0.2) is 42.5 Å². The molecule has 0 spiro atoms. The summed E-state index contributed by atoms with van der Waals surface area (Å²) in [6, 6.07) is 13.5. The van der Waals surface area contributed by atoms with Gasteiger partial charge < -0.3 is 5.73 Å². The average Bonchev–Trinajstić information content (AvgIpc) is 2.25. The molecule has 0 aliphatic heterocycles. The molecule has 1 saturated carbocycles. The second-order valence-corrected chi connectivity index (χ2v) is 4.89. The zero-order valence-electron chi connectivity index (χ0n) is 9.29. The highest BCUT2D eigenvalue weighted by Crippen LogP contribution is 2.51. The second kappa shape index (κ2) is 3.26. The van der Waals surface area contributed by atoms with Gasteiger partial charge in [-0.25, -0.2) is 8.78 Å². The van der Waals surface area contributed by atoms with E-state index < -0.39 is 11.5 Å². The van der Waals surface area contributed by atoms with Crippen LogP contribution in [0.5, 0.6) is 0 Å². The quantitative estimate of drug-likeness (QED) is 0.802. The molecular formula is C14H13F2N. The molecule has 0 amide bonds. The summed E-state index contributed by atoms with van der Waals surface area (Å²) in [5, 5.41) is 2.03. The molecule has 1 fully saturated rings. The van der Waals surface area contributed by atoms with Gasteiger partial charge in [-0.05, 0) is 16.3 Å². The fourth-order valence-corrected chi connectivity index (χ4v) is 2.72. The molecule has 1 aliphatic rings. The third-order valence-electron chi connectivity index (χ3n) is 3.47. The van der Waals surface area contributed by atoms with E-state index in [9.17, 15) is 8.78 Å². The maximum Gasteiger partial charge on any atom is 0.252 e. The van der Waals surface area contributed by atoms with Crippen molar-refractivity contribution in [3.05, 3.63) is 48.0 Å². The number of rotatable bonds is 1. The number of fused-ring (bicyclic) bond motifs is 1. The van der Waals surface area contributed by atoms with Gasteiger partial charge in [0.05, 0.1) is 5.54 Å².